The van der Waals surface area contributed by atoms with Gasteiger partial charge in [-0.25, -0.2) is 9.97 Å². The third-order valence-corrected chi connectivity index (χ3v) is 3.90. The van der Waals surface area contributed by atoms with Gasteiger partial charge in [0.15, 0.2) is 0 Å². The molecule has 0 aromatic carbocycles. The highest BCUT2D eigenvalue weighted by molar-refractivity contribution is 5.58. The van der Waals surface area contributed by atoms with Crippen LogP contribution in [0.3, 0.4) is 0 Å². The summed E-state index contributed by atoms with van der Waals surface area (Å²) in [6, 6.07) is 0. The molecule has 1 unspecified atom stereocenters. The lowest BCUT2D eigenvalue weighted by Gasteiger charge is -2.24. The molecule has 5 heteroatoms. The van der Waals surface area contributed by atoms with Crippen LogP contribution in [0.25, 0.3) is 0 Å². The summed E-state index contributed by atoms with van der Waals surface area (Å²) < 4.78 is 0. The second kappa shape index (κ2) is 6.19. The summed E-state index contributed by atoms with van der Waals surface area (Å²) in [5.74, 6) is 2.76. The van der Waals surface area contributed by atoms with Crippen molar-refractivity contribution >= 4 is 11.6 Å². The third-order valence-electron chi connectivity index (χ3n) is 3.90. The average molecular weight is 263 g/mol. The minimum Gasteiger partial charge on any atom is -0.373 e. The van der Waals surface area contributed by atoms with E-state index < -0.39 is 0 Å². The van der Waals surface area contributed by atoms with E-state index in [0.717, 1.165) is 30.5 Å². The number of nitrogens with one attached hydrogen (secondary N) is 1. The molecule has 1 atom stereocenters. The first kappa shape index (κ1) is 14.1. The van der Waals surface area contributed by atoms with E-state index in [-0.39, 0.29) is 0 Å². The maximum atomic E-state index is 4.48. The lowest BCUT2D eigenvalue weighted by atomic mass is 10.1. The van der Waals surface area contributed by atoms with Crippen molar-refractivity contribution in [3.63, 3.8) is 0 Å². The summed E-state index contributed by atoms with van der Waals surface area (Å²) >= 11 is 0. The van der Waals surface area contributed by atoms with E-state index in [1.807, 2.05) is 7.05 Å². The second-order valence-corrected chi connectivity index (χ2v) is 5.43. The van der Waals surface area contributed by atoms with Gasteiger partial charge in [-0.3, -0.25) is 0 Å². The quantitative estimate of drug-likeness (QED) is 0.871. The van der Waals surface area contributed by atoms with Gasteiger partial charge in [0, 0.05) is 32.7 Å². The molecular weight excluding hydrogens is 238 g/mol. The Morgan fingerprint density at radius 3 is 2.84 bits per heavy atom. The number of nitrogens with zero attached hydrogens (tertiary/aromatic N) is 4. The molecule has 0 radical (unpaired) electrons. The number of anilines is 2. The Morgan fingerprint density at radius 1 is 1.47 bits per heavy atom. The minimum absolute atomic E-state index is 0.743. The molecule has 0 saturated carbocycles. The Morgan fingerprint density at radius 2 is 2.26 bits per heavy atom. The van der Waals surface area contributed by atoms with Crippen molar-refractivity contribution < 1.29 is 0 Å². The molecule has 1 aromatic heterocycles. The first-order valence-corrected chi connectivity index (χ1v) is 7.07. The van der Waals surface area contributed by atoms with E-state index in [9.17, 15) is 0 Å². The van der Waals surface area contributed by atoms with Crippen LogP contribution in [0.2, 0.25) is 0 Å². The predicted molar refractivity (Wildman–Crippen MR) is 79.8 cm³/mol. The molecule has 0 aliphatic carbocycles. The van der Waals surface area contributed by atoms with Gasteiger partial charge in [0.05, 0.1) is 0 Å². The monoisotopic (exact) mass is 263 g/mol. The molecule has 1 saturated heterocycles. The van der Waals surface area contributed by atoms with E-state index >= 15 is 0 Å². The SMILES string of the molecule is CCc1c(NC)ncnc1N(C)CC1CCN(C)C1. The van der Waals surface area contributed by atoms with Crippen molar-refractivity contribution in [1.82, 2.24) is 14.9 Å². The van der Waals surface area contributed by atoms with Crippen LogP contribution in [0.4, 0.5) is 11.6 Å². The van der Waals surface area contributed by atoms with Crippen LogP contribution in [0.1, 0.15) is 18.9 Å². The molecule has 1 aliphatic rings. The molecule has 0 bridgehead atoms. The Labute approximate surface area is 116 Å². The zero-order valence-corrected chi connectivity index (χ0v) is 12.5. The average Bonchev–Trinajstić information content (AvgIpc) is 2.82. The predicted octanol–water partition coefficient (Wildman–Crippen LogP) is 1.47. The highest BCUT2D eigenvalue weighted by Crippen LogP contribution is 2.25. The topological polar surface area (TPSA) is 44.3 Å². The normalized spacial score (nSPS) is 19.7. The van der Waals surface area contributed by atoms with Crippen molar-refractivity contribution in [1.29, 1.82) is 0 Å². The fourth-order valence-electron chi connectivity index (χ4n) is 2.92. The first-order valence-electron chi connectivity index (χ1n) is 7.07. The molecule has 19 heavy (non-hydrogen) atoms. The molecule has 1 aliphatic heterocycles. The zero-order chi connectivity index (χ0) is 13.8. The summed E-state index contributed by atoms with van der Waals surface area (Å²) in [4.78, 5) is 13.5. The summed E-state index contributed by atoms with van der Waals surface area (Å²) in [6.45, 7) is 5.62. The molecular formula is C14H25N5. The number of likely N-dealkylation sites (tertiary alicyclic amines) is 1. The van der Waals surface area contributed by atoms with Crippen molar-refractivity contribution in [2.75, 3.05) is 51.0 Å². The number of rotatable bonds is 5. The van der Waals surface area contributed by atoms with E-state index in [2.05, 4.69) is 46.1 Å². The van der Waals surface area contributed by atoms with Gasteiger partial charge in [0.25, 0.3) is 0 Å². The van der Waals surface area contributed by atoms with Crippen molar-refractivity contribution in [3.8, 4) is 0 Å². The zero-order valence-electron chi connectivity index (χ0n) is 12.5. The van der Waals surface area contributed by atoms with Crippen LogP contribution in [-0.2, 0) is 6.42 Å². The van der Waals surface area contributed by atoms with Gasteiger partial charge in [-0.2, -0.15) is 0 Å². The Balaban J connectivity index is 2.12. The lowest BCUT2D eigenvalue weighted by molar-refractivity contribution is 0.395. The van der Waals surface area contributed by atoms with Crippen LogP contribution < -0.4 is 10.2 Å². The van der Waals surface area contributed by atoms with Crippen LogP contribution in [0.5, 0.6) is 0 Å². The number of hydrogen-bond acceptors (Lipinski definition) is 5. The van der Waals surface area contributed by atoms with Gasteiger partial charge in [-0.15, -0.1) is 0 Å². The molecule has 2 rings (SSSR count). The van der Waals surface area contributed by atoms with Gasteiger partial charge in [-0.05, 0) is 32.4 Å². The molecule has 1 N–H and O–H groups in total. The van der Waals surface area contributed by atoms with Crippen LogP contribution in [0, 0.1) is 5.92 Å². The second-order valence-electron chi connectivity index (χ2n) is 5.43. The van der Waals surface area contributed by atoms with Gasteiger partial charge in [0.1, 0.15) is 18.0 Å². The fourth-order valence-corrected chi connectivity index (χ4v) is 2.92. The molecule has 106 valence electrons. The van der Waals surface area contributed by atoms with Gasteiger partial charge in [-0.1, -0.05) is 6.92 Å². The summed E-state index contributed by atoms with van der Waals surface area (Å²) in [5.41, 5.74) is 1.21. The van der Waals surface area contributed by atoms with E-state index in [1.165, 1.54) is 25.1 Å². The molecule has 1 aromatic rings. The Kier molecular flexibility index (Phi) is 4.58. The molecule has 2 heterocycles. The lowest BCUT2D eigenvalue weighted by Crippen LogP contribution is -2.29. The fraction of sp³-hybridized carbons (Fsp3) is 0.714. The van der Waals surface area contributed by atoms with Crippen molar-refractivity contribution in [2.45, 2.75) is 19.8 Å². The number of aromatic nitrogens is 2. The first-order chi connectivity index (χ1) is 9.15. The van der Waals surface area contributed by atoms with Crippen LogP contribution >= 0.6 is 0 Å². The molecule has 0 amide bonds. The van der Waals surface area contributed by atoms with Crippen LogP contribution in [0.15, 0.2) is 6.33 Å². The Bertz CT molecular complexity index is 420. The van der Waals surface area contributed by atoms with Crippen molar-refractivity contribution in [2.24, 2.45) is 5.92 Å². The highest BCUT2D eigenvalue weighted by atomic mass is 15.2. The minimum atomic E-state index is 0.743. The Hall–Kier alpha value is -1.36. The summed E-state index contributed by atoms with van der Waals surface area (Å²) in [7, 11) is 6.25. The highest BCUT2D eigenvalue weighted by Gasteiger charge is 2.22. The smallest absolute Gasteiger partial charge is 0.137 e. The van der Waals surface area contributed by atoms with Gasteiger partial charge >= 0.3 is 0 Å². The standard InChI is InChI=1S/C14H25N5/c1-5-12-13(15-2)16-10-17-14(12)19(4)9-11-6-7-18(3)8-11/h10-11H,5-9H2,1-4H3,(H,15,16,17). The summed E-state index contributed by atoms with van der Waals surface area (Å²) in [6.07, 6.45) is 3.88. The maximum absolute atomic E-state index is 4.48. The number of hydrogen-bond donors (Lipinski definition) is 1. The van der Waals surface area contributed by atoms with Crippen molar-refractivity contribution in [3.05, 3.63) is 11.9 Å². The van der Waals surface area contributed by atoms with E-state index in [0.29, 0.717) is 0 Å². The third kappa shape index (κ3) is 3.15. The van der Waals surface area contributed by atoms with Crippen LogP contribution in [-0.4, -0.2) is 55.6 Å². The van der Waals surface area contributed by atoms with E-state index in [1.54, 1.807) is 6.33 Å². The maximum Gasteiger partial charge on any atom is 0.137 e. The molecule has 5 nitrogen and oxygen atoms in total. The summed E-state index contributed by atoms with van der Waals surface area (Å²) in [5, 5.41) is 3.16. The molecule has 1 fully saturated rings. The van der Waals surface area contributed by atoms with Gasteiger partial charge < -0.3 is 15.1 Å². The van der Waals surface area contributed by atoms with Gasteiger partial charge in [0.2, 0.25) is 0 Å². The van der Waals surface area contributed by atoms with E-state index in [4.69, 9.17) is 0 Å². The molecule has 0 spiro atoms. The largest absolute Gasteiger partial charge is 0.373 e.